The van der Waals surface area contributed by atoms with E-state index >= 15 is 0 Å². The highest BCUT2D eigenvalue weighted by molar-refractivity contribution is 5.94. The van der Waals surface area contributed by atoms with Crippen LogP contribution in [0.2, 0.25) is 0 Å². The van der Waals surface area contributed by atoms with Gasteiger partial charge in [0.1, 0.15) is 12.4 Å². The Morgan fingerprint density at radius 2 is 1.77 bits per heavy atom. The lowest BCUT2D eigenvalue weighted by atomic mass is 10.1. The number of halogens is 3. The summed E-state index contributed by atoms with van der Waals surface area (Å²) in [6.45, 7) is -1.49. The van der Waals surface area contributed by atoms with E-state index in [2.05, 4.69) is 15.3 Å². The summed E-state index contributed by atoms with van der Waals surface area (Å²) in [5, 5.41) is 3.86. The maximum Gasteiger partial charge on any atom is 0.411 e. The summed E-state index contributed by atoms with van der Waals surface area (Å²) in [4.78, 5) is 12.0. The van der Waals surface area contributed by atoms with Crippen LogP contribution in [0.3, 0.4) is 0 Å². The van der Waals surface area contributed by atoms with Crippen LogP contribution in [-0.4, -0.2) is 32.0 Å². The Bertz CT molecular complexity index is 742. The molecule has 8 heteroatoms. The van der Waals surface area contributed by atoms with Crippen LogP contribution in [0.15, 0.2) is 53.6 Å². The van der Waals surface area contributed by atoms with Crippen molar-refractivity contribution in [1.82, 2.24) is 5.43 Å². The summed E-state index contributed by atoms with van der Waals surface area (Å²) in [6, 6.07) is 13.1. The number of nitrogens with zero attached hydrogens (tertiary/aromatic N) is 1. The van der Waals surface area contributed by atoms with Crippen molar-refractivity contribution in [2.45, 2.75) is 12.8 Å². The summed E-state index contributed by atoms with van der Waals surface area (Å²) in [7, 11) is 1.57. The molecule has 2 aromatic carbocycles. The fraction of sp³-hybridized carbons (Fsp3) is 0.222. The van der Waals surface area contributed by atoms with Crippen molar-refractivity contribution in [3.05, 3.63) is 65.2 Å². The van der Waals surface area contributed by atoms with E-state index in [4.69, 9.17) is 4.74 Å². The topological polar surface area (TPSA) is 59.9 Å². The number of methoxy groups -OCH3 is 1. The van der Waals surface area contributed by atoms with E-state index in [1.165, 1.54) is 30.5 Å². The van der Waals surface area contributed by atoms with Crippen molar-refractivity contribution in [2.24, 2.45) is 5.10 Å². The molecule has 0 unspecified atom stereocenters. The fourth-order valence-corrected chi connectivity index (χ4v) is 1.96. The molecule has 0 saturated heterocycles. The molecule has 0 aliphatic rings. The molecule has 0 aromatic heterocycles. The lowest BCUT2D eigenvalue weighted by Crippen LogP contribution is -2.18. The minimum atomic E-state index is -4.36. The van der Waals surface area contributed by atoms with Crippen molar-refractivity contribution in [1.29, 1.82) is 0 Å². The second-order valence-corrected chi connectivity index (χ2v) is 5.28. The van der Waals surface area contributed by atoms with Crippen molar-refractivity contribution in [3.63, 3.8) is 0 Å². The molecule has 0 atom stereocenters. The molecule has 5 nitrogen and oxygen atoms in total. The number of amides is 1. The summed E-state index contributed by atoms with van der Waals surface area (Å²) < 4.78 is 45.6. The molecule has 138 valence electrons. The highest BCUT2D eigenvalue weighted by Crippen LogP contribution is 2.16. The average molecular weight is 366 g/mol. The SMILES string of the molecule is COc1ccc(/C=N\NC(=O)c2ccc(COCC(F)(F)F)cc2)cc1. The average Bonchev–Trinajstić information content (AvgIpc) is 2.62. The third-order valence-corrected chi connectivity index (χ3v) is 3.25. The first-order chi connectivity index (χ1) is 12.4. The molecular formula is C18H17F3N2O3. The van der Waals surface area contributed by atoms with Gasteiger partial charge in [-0.25, -0.2) is 5.43 Å². The zero-order valence-electron chi connectivity index (χ0n) is 13.9. The van der Waals surface area contributed by atoms with E-state index in [1.807, 2.05) is 0 Å². The second kappa shape index (κ2) is 9.00. The first-order valence-corrected chi connectivity index (χ1v) is 7.58. The number of hydrogen-bond donors (Lipinski definition) is 1. The number of rotatable bonds is 7. The molecule has 0 radical (unpaired) electrons. The second-order valence-electron chi connectivity index (χ2n) is 5.28. The summed E-state index contributed by atoms with van der Waals surface area (Å²) in [5.41, 5.74) is 4.02. The number of nitrogens with one attached hydrogen (secondary N) is 1. The van der Waals surface area contributed by atoms with Gasteiger partial charge in [-0.15, -0.1) is 0 Å². The maximum atomic E-state index is 12.0. The Morgan fingerprint density at radius 1 is 1.12 bits per heavy atom. The van der Waals surface area contributed by atoms with E-state index in [-0.39, 0.29) is 6.61 Å². The van der Waals surface area contributed by atoms with Gasteiger partial charge in [-0.05, 0) is 47.5 Å². The molecule has 1 N–H and O–H groups in total. The van der Waals surface area contributed by atoms with Gasteiger partial charge in [0.15, 0.2) is 0 Å². The number of benzene rings is 2. The van der Waals surface area contributed by atoms with Crippen LogP contribution >= 0.6 is 0 Å². The standard InChI is InChI=1S/C18H17F3N2O3/c1-25-16-8-4-13(5-9-16)10-22-23-17(24)15-6-2-14(3-7-15)11-26-12-18(19,20)21/h2-10H,11-12H2,1H3,(H,23,24)/b22-10-. The van der Waals surface area contributed by atoms with E-state index in [0.29, 0.717) is 16.9 Å². The van der Waals surface area contributed by atoms with Crippen LogP contribution in [0.5, 0.6) is 5.75 Å². The van der Waals surface area contributed by atoms with Gasteiger partial charge in [0.25, 0.3) is 5.91 Å². The van der Waals surface area contributed by atoms with Crippen molar-refractivity contribution >= 4 is 12.1 Å². The van der Waals surface area contributed by atoms with Crippen molar-refractivity contribution < 1.29 is 27.4 Å². The number of hydrazone groups is 1. The lowest BCUT2D eigenvalue weighted by molar-refractivity contribution is -0.176. The highest BCUT2D eigenvalue weighted by Gasteiger charge is 2.27. The number of carbonyl (C=O) groups is 1. The van der Waals surface area contributed by atoms with Gasteiger partial charge < -0.3 is 9.47 Å². The Labute approximate surface area is 148 Å². The summed E-state index contributed by atoms with van der Waals surface area (Å²) >= 11 is 0. The first kappa shape index (κ1) is 19.5. The molecule has 26 heavy (non-hydrogen) atoms. The zero-order chi connectivity index (χ0) is 19.0. The number of carbonyl (C=O) groups excluding carboxylic acids is 1. The molecule has 1 amide bonds. The molecule has 2 rings (SSSR count). The van der Waals surface area contributed by atoms with Gasteiger partial charge in [0, 0.05) is 5.56 Å². The van der Waals surface area contributed by atoms with Crippen LogP contribution in [-0.2, 0) is 11.3 Å². The van der Waals surface area contributed by atoms with Crippen molar-refractivity contribution in [2.75, 3.05) is 13.7 Å². The molecule has 0 fully saturated rings. The van der Waals surface area contributed by atoms with Crippen LogP contribution < -0.4 is 10.2 Å². The minimum Gasteiger partial charge on any atom is -0.497 e. The van der Waals surface area contributed by atoms with E-state index in [9.17, 15) is 18.0 Å². The summed E-state index contributed by atoms with van der Waals surface area (Å²) in [6.07, 6.45) is -2.88. The van der Waals surface area contributed by atoms with Gasteiger partial charge in [-0.1, -0.05) is 12.1 Å². The molecule has 0 heterocycles. The molecule has 0 bridgehead atoms. The normalized spacial score (nSPS) is 11.5. The molecule has 0 aliphatic heterocycles. The molecule has 0 saturated carbocycles. The fourth-order valence-electron chi connectivity index (χ4n) is 1.96. The van der Waals surface area contributed by atoms with E-state index in [0.717, 1.165) is 5.56 Å². The maximum absolute atomic E-state index is 12.0. The monoisotopic (exact) mass is 366 g/mol. The summed E-state index contributed by atoms with van der Waals surface area (Å²) in [5.74, 6) is 0.281. The Kier molecular flexibility index (Phi) is 6.74. The van der Waals surface area contributed by atoms with Crippen LogP contribution in [0.1, 0.15) is 21.5 Å². The van der Waals surface area contributed by atoms with Crippen LogP contribution in [0.4, 0.5) is 13.2 Å². The van der Waals surface area contributed by atoms with Crippen molar-refractivity contribution in [3.8, 4) is 5.75 Å². The van der Waals surface area contributed by atoms with Gasteiger partial charge in [0.2, 0.25) is 0 Å². The predicted octanol–water partition coefficient (Wildman–Crippen LogP) is 3.54. The third-order valence-electron chi connectivity index (χ3n) is 3.25. The Morgan fingerprint density at radius 3 is 2.35 bits per heavy atom. The number of ether oxygens (including phenoxy) is 2. The highest BCUT2D eigenvalue weighted by atomic mass is 19.4. The quantitative estimate of drug-likeness (QED) is 0.602. The number of alkyl halides is 3. The zero-order valence-corrected chi connectivity index (χ0v) is 13.9. The Hall–Kier alpha value is -2.87. The predicted molar refractivity (Wildman–Crippen MR) is 90.2 cm³/mol. The van der Waals surface area contributed by atoms with E-state index < -0.39 is 18.7 Å². The molecule has 0 aliphatic carbocycles. The third kappa shape index (κ3) is 6.56. The van der Waals surface area contributed by atoms with Gasteiger partial charge in [-0.2, -0.15) is 18.3 Å². The van der Waals surface area contributed by atoms with E-state index in [1.54, 1.807) is 31.4 Å². The van der Waals surface area contributed by atoms with Crippen LogP contribution in [0.25, 0.3) is 0 Å². The van der Waals surface area contributed by atoms with Gasteiger partial charge in [0.05, 0.1) is 19.9 Å². The molecule has 0 spiro atoms. The minimum absolute atomic E-state index is 0.184. The largest absolute Gasteiger partial charge is 0.497 e. The first-order valence-electron chi connectivity index (χ1n) is 7.58. The van der Waals surface area contributed by atoms with Gasteiger partial charge in [-0.3, -0.25) is 4.79 Å². The molecule has 2 aromatic rings. The lowest BCUT2D eigenvalue weighted by Gasteiger charge is -2.08. The Balaban J connectivity index is 1.84. The molecular weight excluding hydrogens is 349 g/mol. The smallest absolute Gasteiger partial charge is 0.411 e. The van der Waals surface area contributed by atoms with Gasteiger partial charge >= 0.3 is 6.18 Å². The number of hydrogen-bond acceptors (Lipinski definition) is 4. The van der Waals surface area contributed by atoms with Crippen LogP contribution in [0, 0.1) is 0 Å².